The van der Waals surface area contributed by atoms with E-state index in [9.17, 15) is 14.7 Å². The molecule has 2 atom stereocenters. The monoisotopic (exact) mass is 293 g/mol. The number of halogens is 1. The Kier molecular flexibility index (Phi) is 4.45. The average Bonchev–Trinajstić information content (AvgIpc) is 2.41. The highest BCUT2D eigenvalue weighted by atomic mass is 35.5. The highest BCUT2D eigenvalue weighted by molar-refractivity contribution is 6.30. The fraction of sp³-hybridized carbons (Fsp3) is 0.333. The normalized spacial score (nSPS) is 22.0. The van der Waals surface area contributed by atoms with E-state index in [0.717, 1.165) is 5.57 Å². The smallest absolute Gasteiger partial charge is 0.307 e. The number of hydrogen-bond acceptors (Lipinski definition) is 2. The van der Waals surface area contributed by atoms with Crippen LogP contribution in [-0.4, -0.2) is 17.0 Å². The van der Waals surface area contributed by atoms with E-state index in [-0.39, 0.29) is 5.91 Å². The summed E-state index contributed by atoms with van der Waals surface area (Å²) < 4.78 is 0. The van der Waals surface area contributed by atoms with Crippen molar-refractivity contribution in [2.75, 3.05) is 5.32 Å². The van der Waals surface area contributed by atoms with Crippen molar-refractivity contribution >= 4 is 29.2 Å². The lowest BCUT2D eigenvalue weighted by Gasteiger charge is -2.26. The molecule has 0 radical (unpaired) electrons. The molecule has 1 aliphatic rings. The van der Waals surface area contributed by atoms with Crippen molar-refractivity contribution in [1.29, 1.82) is 0 Å². The molecule has 0 aromatic heterocycles. The first-order valence-electron chi connectivity index (χ1n) is 6.42. The molecule has 1 amide bonds. The van der Waals surface area contributed by atoms with E-state index in [2.05, 4.69) is 5.32 Å². The van der Waals surface area contributed by atoms with Crippen LogP contribution in [0.3, 0.4) is 0 Å². The van der Waals surface area contributed by atoms with Gasteiger partial charge in [-0.15, -0.1) is 0 Å². The summed E-state index contributed by atoms with van der Waals surface area (Å²) in [4.78, 5) is 23.5. The van der Waals surface area contributed by atoms with Crippen LogP contribution in [0.5, 0.6) is 0 Å². The molecule has 2 rings (SSSR count). The zero-order valence-corrected chi connectivity index (χ0v) is 11.9. The van der Waals surface area contributed by atoms with Gasteiger partial charge < -0.3 is 10.4 Å². The van der Waals surface area contributed by atoms with Crippen molar-refractivity contribution in [3.05, 3.63) is 40.9 Å². The number of carbonyl (C=O) groups excluding carboxylic acids is 1. The molecule has 106 valence electrons. The van der Waals surface area contributed by atoms with Gasteiger partial charge in [0.25, 0.3) is 0 Å². The second kappa shape index (κ2) is 6.09. The third-order valence-corrected chi connectivity index (χ3v) is 3.77. The first-order valence-corrected chi connectivity index (χ1v) is 6.80. The molecule has 5 heteroatoms. The molecule has 0 spiro atoms. The van der Waals surface area contributed by atoms with Crippen LogP contribution in [0.2, 0.25) is 5.02 Å². The number of carbonyl (C=O) groups is 2. The SMILES string of the molecule is CC1=CCC(C(=O)Nc2ccc(Cl)cc2)C(C(=O)O)C1. The summed E-state index contributed by atoms with van der Waals surface area (Å²) in [5.74, 6) is -2.38. The predicted octanol–water partition coefficient (Wildman–Crippen LogP) is 3.34. The molecule has 2 N–H and O–H groups in total. The number of anilines is 1. The molecule has 4 nitrogen and oxygen atoms in total. The third kappa shape index (κ3) is 3.39. The Balaban J connectivity index is 2.11. The lowest BCUT2D eigenvalue weighted by atomic mass is 9.79. The maximum absolute atomic E-state index is 12.2. The quantitative estimate of drug-likeness (QED) is 0.840. The molecule has 0 bridgehead atoms. The van der Waals surface area contributed by atoms with Gasteiger partial charge in [-0.25, -0.2) is 0 Å². The standard InChI is InChI=1S/C15H16ClNO3/c1-9-2-7-12(13(8-9)15(19)20)14(18)17-11-5-3-10(16)4-6-11/h2-6,12-13H,7-8H2,1H3,(H,17,18)(H,19,20). The van der Waals surface area contributed by atoms with Gasteiger partial charge in [0.15, 0.2) is 0 Å². The van der Waals surface area contributed by atoms with E-state index in [1.165, 1.54) is 0 Å². The molecular weight excluding hydrogens is 278 g/mol. The average molecular weight is 294 g/mol. The molecule has 20 heavy (non-hydrogen) atoms. The molecule has 0 fully saturated rings. The minimum atomic E-state index is -0.922. The van der Waals surface area contributed by atoms with Gasteiger partial charge in [0.1, 0.15) is 0 Å². The molecular formula is C15H16ClNO3. The molecule has 1 aliphatic carbocycles. The number of carboxylic acids is 1. The number of hydrogen-bond donors (Lipinski definition) is 2. The van der Waals surface area contributed by atoms with Gasteiger partial charge in [-0.05, 0) is 44.0 Å². The maximum Gasteiger partial charge on any atom is 0.307 e. The Hall–Kier alpha value is -1.81. The van der Waals surface area contributed by atoms with Crippen molar-refractivity contribution in [3.63, 3.8) is 0 Å². The molecule has 1 aromatic rings. The molecule has 0 heterocycles. The Labute approximate surface area is 122 Å². The highest BCUT2D eigenvalue weighted by Crippen LogP contribution is 2.31. The van der Waals surface area contributed by atoms with E-state index in [1.54, 1.807) is 24.3 Å². The van der Waals surface area contributed by atoms with E-state index in [1.807, 2.05) is 13.0 Å². The summed E-state index contributed by atoms with van der Waals surface area (Å²) >= 11 is 5.78. The van der Waals surface area contributed by atoms with Gasteiger partial charge in [-0.1, -0.05) is 23.3 Å². The zero-order valence-electron chi connectivity index (χ0n) is 11.1. The number of rotatable bonds is 3. The van der Waals surface area contributed by atoms with Gasteiger partial charge in [0.05, 0.1) is 11.8 Å². The highest BCUT2D eigenvalue weighted by Gasteiger charge is 2.35. The minimum Gasteiger partial charge on any atom is -0.481 e. The summed E-state index contributed by atoms with van der Waals surface area (Å²) in [5.41, 5.74) is 1.64. The van der Waals surface area contributed by atoms with Crippen LogP contribution >= 0.6 is 11.6 Å². The van der Waals surface area contributed by atoms with Crippen molar-refractivity contribution < 1.29 is 14.7 Å². The number of benzene rings is 1. The summed E-state index contributed by atoms with van der Waals surface area (Å²) in [6, 6.07) is 6.74. The fourth-order valence-corrected chi connectivity index (χ4v) is 2.51. The van der Waals surface area contributed by atoms with Crippen molar-refractivity contribution in [2.45, 2.75) is 19.8 Å². The predicted molar refractivity (Wildman–Crippen MR) is 77.7 cm³/mol. The Bertz CT molecular complexity index is 551. The first-order chi connectivity index (χ1) is 9.47. The molecule has 2 unspecified atom stereocenters. The van der Waals surface area contributed by atoms with Gasteiger partial charge in [-0.2, -0.15) is 0 Å². The second-order valence-electron chi connectivity index (χ2n) is 5.04. The fourth-order valence-electron chi connectivity index (χ4n) is 2.38. The molecule has 0 aliphatic heterocycles. The number of amides is 1. The van der Waals surface area contributed by atoms with Gasteiger partial charge in [0, 0.05) is 10.7 Å². The lowest BCUT2D eigenvalue weighted by molar-refractivity contribution is -0.146. The Morgan fingerprint density at radius 1 is 1.25 bits per heavy atom. The largest absolute Gasteiger partial charge is 0.481 e. The summed E-state index contributed by atoms with van der Waals surface area (Å²) in [6.45, 7) is 1.89. The number of allylic oxidation sites excluding steroid dienone is 2. The van der Waals surface area contributed by atoms with E-state index >= 15 is 0 Å². The number of carboxylic acid groups (broad SMARTS) is 1. The Morgan fingerprint density at radius 3 is 2.50 bits per heavy atom. The van der Waals surface area contributed by atoms with E-state index < -0.39 is 17.8 Å². The van der Waals surface area contributed by atoms with Crippen LogP contribution < -0.4 is 5.32 Å². The summed E-state index contributed by atoms with van der Waals surface area (Å²) in [5, 5.41) is 12.6. The van der Waals surface area contributed by atoms with Crippen LogP contribution in [0.1, 0.15) is 19.8 Å². The number of aliphatic carboxylic acids is 1. The van der Waals surface area contributed by atoms with Crippen molar-refractivity contribution in [3.8, 4) is 0 Å². The molecule has 0 saturated heterocycles. The van der Waals surface area contributed by atoms with Crippen molar-refractivity contribution in [1.82, 2.24) is 0 Å². The van der Waals surface area contributed by atoms with Gasteiger partial charge in [-0.3, -0.25) is 9.59 Å². The van der Waals surface area contributed by atoms with Crippen LogP contribution in [0.25, 0.3) is 0 Å². The van der Waals surface area contributed by atoms with Crippen LogP contribution in [0, 0.1) is 11.8 Å². The van der Waals surface area contributed by atoms with E-state index in [4.69, 9.17) is 11.6 Å². The lowest BCUT2D eigenvalue weighted by Crippen LogP contribution is -2.35. The first kappa shape index (κ1) is 14.6. The van der Waals surface area contributed by atoms with Gasteiger partial charge >= 0.3 is 5.97 Å². The maximum atomic E-state index is 12.2. The molecule has 1 aromatic carbocycles. The van der Waals surface area contributed by atoms with Crippen molar-refractivity contribution in [2.24, 2.45) is 11.8 Å². The third-order valence-electron chi connectivity index (χ3n) is 3.51. The second-order valence-corrected chi connectivity index (χ2v) is 5.47. The van der Waals surface area contributed by atoms with E-state index in [0.29, 0.717) is 23.6 Å². The van der Waals surface area contributed by atoms with Crippen LogP contribution in [0.4, 0.5) is 5.69 Å². The summed E-state index contributed by atoms with van der Waals surface area (Å²) in [6.07, 6.45) is 2.82. The van der Waals surface area contributed by atoms with Gasteiger partial charge in [0.2, 0.25) is 5.91 Å². The molecule has 0 saturated carbocycles. The zero-order chi connectivity index (χ0) is 14.7. The van der Waals surface area contributed by atoms with Crippen LogP contribution in [-0.2, 0) is 9.59 Å². The Morgan fingerprint density at radius 2 is 1.90 bits per heavy atom. The summed E-state index contributed by atoms with van der Waals surface area (Å²) in [7, 11) is 0. The topological polar surface area (TPSA) is 66.4 Å². The number of nitrogens with one attached hydrogen (secondary N) is 1. The van der Waals surface area contributed by atoms with Crippen LogP contribution in [0.15, 0.2) is 35.9 Å². The minimum absolute atomic E-state index is 0.261.